The van der Waals surface area contributed by atoms with Gasteiger partial charge in [0.25, 0.3) is 0 Å². The fraction of sp³-hybridized carbons (Fsp3) is 0.636. The van der Waals surface area contributed by atoms with Crippen molar-refractivity contribution in [2.75, 3.05) is 26.1 Å². The van der Waals surface area contributed by atoms with Crippen LogP contribution in [0, 0.1) is 5.92 Å². The second-order valence-electron chi connectivity index (χ2n) is 3.90. The molecule has 90 valence electrons. The Morgan fingerprint density at radius 3 is 2.69 bits per heavy atom. The van der Waals surface area contributed by atoms with Crippen LogP contribution in [0.15, 0.2) is 6.07 Å². The fourth-order valence-electron chi connectivity index (χ4n) is 1.12. The molecule has 0 saturated carbocycles. The topological polar surface area (TPSA) is 56.3 Å². The minimum absolute atomic E-state index is 0.382. The van der Waals surface area contributed by atoms with E-state index >= 15 is 0 Å². The first-order valence-corrected chi connectivity index (χ1v) is 5.33. The average molecular weight is 225 g/mol. The van der Waals surface area contributed by atoms with E-state index in [1.165, 1.54) is 0 Å². The lowest BCUT2D eigenvalue weighted by molar-refractivity contribution is 0.175. The van der Waals surface area contributed by atoms with E-state index in [-0.39, 0.29) is 0 Å². The molecule has 1 rings (SSSR count). The minimum Gasteiger partial charge on any atom is -0.477 e. The third kappa shape index (κ3) is 4.02. The van der Waals surface area contributed by atoms with Crippen molar-refractivity contribution in [1.29, 1.82) is 0 Å². The molecule has 0 amide bonds. The van der Waals surface area contributed by atoms with Crippen LogP contribution in [-0.2, 0) is 11.3 Å². The van der Waals surface area contributed by atoms with Gasteiger partial charge >= 0.3 is 0 Å². The van der Waals surface area contributed by atoms with Crippen LogP contribution < -0.4 is 10.1 Å². The lowest BCUT2D eigenvalue weighted by atomic mass is 10.2. The summed E-state index contributed by atoms with van der Waals surface area (Å²) in [5.41, 5.74) is 0. The molecule has 0 fully saturated rings. The summed E-state index contributed by atoms with van der Waals surface area (Å²) in [7, 11) is 3.43. The highest BCUT2D eigenvalue weighted by Crippen LogP contribution is 2.14. The number of methoxy groups -OCH3 is 1. The van der Waals surface area contributed by atoms with Crippen LogP contribution in [-0.4, -0.2) is 30.7 Å². The summed E-state index contributed by atoms with van der Waals surface area (Å²) < 4.78 is 10.5. The first kappa shape index (κ1) is 12.7. The highest BCUT2D eigenvalue weighted by molar-refractivity contribution is 5.37. The molecular weight excluding hydrogens is 206 g/mol. The van der Waals surface area contributed by atoms with E-state index in [9.17, 15) is 0 Å². The van der Waals surface area contributed by atoms with Crippen LogP contribution in [0.1, 0.15) is 19.7 Å². The summed E-state index contributed by atoms with van der Waals surface area (Å²) >= 11 is 0. The third-order valence-electron chi connectivity index (χ3n) is 1.84. The molecule has 1 heterocycles. The van der Waals surface area contributed by atoms with E-state index < -0.39 is 0 Å². The molecular formula is C11H19N3O2. The van der Waals surface area contributed by atoms with Crippen molar-refractivity contribution in [2.24, 2.45) is 5.92 Å². The fourth-order valence-corrected chi connectivity index (χ4v) is 1.12. The summed E-state index contributed by atoms with van der Waals surface area (Å²) in [4.78, 5) is 8.49. The van der Waals surface area contributed by atoms with Crippen LogP contribution in [0.3, 0.4) is 0 Å². The second kappa shape index (κ2) is 6.27. The Labute approximate surface area is 96.2 Å². The average Bonchev–Trinajstić information content (AvgIpc) is 2.26. The molecule has 5 heteroatoms. The molecule has 0 bridgehead atoms. The van der Waals surface area contributed by atoms with E-state index in [0.29, 0.717) is 30.8 Å². The predicted octanol–water partition coefficient (Wildman–Crippen LogP) is 1.70. The van der Waals surface area contributed by atoms with Crippen molar-refractivity contribution >= 4 is 5.82 Å². The van der Waals surface area contributed by atoms with Gasteiger partial charge in [-0.2, -0.15) is 4.98 Å². The maximum absolute atomic E-state index is 5.55. The number of hydrogen-bond donors (Lipinski definition) is 1. The molecule has 1 aromatic rings. The predicted molar refractivity (Wildman–Crippen MR) is 62.6 cm³/mol. The normalized spacial score (nSPS) is 10.6. The number of rotatable bonds is 6. The SMILES string of the molecule is CNc1cc(OCC(C)C)nc(COC)n1. The second-order valence-corrected chi connectivity index (χ2v) is 3.90. The maximum Gasteiger partial charge on any atom is 0.218 e. The van der Waals surface area contributed by atoms with Crippen LogP contribution >= 0.6 is 0 Å². The van der Waals surface area contributed by atoms with Crippen LogP contribution in [0.2, 0.25) is 0 Å². The lowest BCUT2D eigenvalue weighted by Gasteiger charge is -2.10. The first-order chi connectivity index (χ1) is 7.65. The number of nitrogens with zero attached hydrogens (tertiary/aromatic N) is 2. The molecule has 1 N–H and O–H groups in total. The zero-order valence-corrected chi connectivity index (χ0v) is 10.3. The number of aromatic nitrogens is 2. The third-order valence-corrected chi connectivity index (χ3v) is 1.84. The number of ether oxygens (including phenoxy) is 2. The van der Waals surface area contributed by atoms with Gasteiger partial charge in [-0.15, -0.1) is 0 Å². The highest BCUT2D eigenvalue weighted by Gasteiger charge is 2.05. The van der Waals surface area contributed by atoms with Crippen molar-refractivity contribution in [3.8, 4) is 5.88 Å². The molecule has 0 spiro atoms. The first-order valence-electron chi connectivity index (χ1n) is 5.33. The Morgan fingerprint density at radius 1 is 1.38 bits per heavy atom. The molecule has 0 aromatic carbocycles. The smallest absolute Gasteiger partial charge is 0.218 e. The molecule has 0 atom stereocenters. The van der Waals surface area contributed by atoms with E-state index in [2.05, 4.69) is 29.1 Å². The van der Waals surface area contributed by atoms with E-state index in [0.717, 1.165) is 5.82 Å². The molecule has 5 nitrogen and oxygen atoms in total. The van der Waals surface area contributed by atoms with Crippen LogP contribution in [0.25, 0.3) is 0 Å². The Hall–Kier alpha value is -1.36. The van der Waals surface area contributed by atoms with Crippen molar-refractivity contribution in [3.05, 3.63) is 11.9 Å². The molecule has 16 heavy (non-hydrogen) atoms. The van der Waals surface area contributed by atoms with Gasteiger partial charge in [0.2, 0.25) is 5.88 Å². The lowest BCUT2D eigenvalue weighted by Crippen LogP contribution is -2.08. The van der Waals surface area contributed by atoms with Crippen molar-refractivity contribution in [3.63, 3.8) is 0 Å². The van der Waals surface area contributed by atoms with Gasteiger partial charge < -0.3 is 14.8 Å². The molecule has 0 aliphatic carbocycles. The summed E-state index contributed by atoms with van der Waals surface area (Å²) in [5, 5.41) is 2.97. The van der Waals surface area contributed by atoms with Crippen LogP contribution in [0.5, 0.6) is 5.88 Å². The van der Waals surface area contributed by atoms with Gasteiger partial charge in [0.05, 0.1) is 6.61 Å². The van der Waals surface area contributed by atoms with Gasteiger partial charge in [-0.05, 0) is 5.92 Å². The largest absolute Gasteiger partial charge is 0.477 e. The molecule has 0 radical (unpaired) electrons. The quantitative estimate of drug-likeness (QED) is 0.798. The van der Waals surface area contributed by atoms with Crippen molar-refractivity contribution < 1.29 is 9.47 Å². The van der Waals surface area contributed by atoms with E-state index in [1.807, 2.05) is 7.05 Å². The van der Waals surface area contributed by atoms with Gasteiger partial charge in [-0.1, -0.05) is 13.8 Å². The highest BCUT2D eigenvalue weighted by atomic mass is 16.5. The summed E-state index contributed by atoms with van der Waals surface area (Å²) in [5.74, 6) is 2.41. The van der Waals surface area contributed by atoms with Crippen molar-refractivity contribution in [2.45, 2.75) is 20.5 Å². The Morgan fingerprint density at radius 2 is 2.12 bits per heavy atom. The zero-order chi connectivity index (χ0) is 12.0. The van der Waals surface area contributed by atoms with Crippen LogP contribution in [0.4, 0.5) is 5.82 Å². The minimum atomic E-state index is 0.382. The molecule has 0 aliphatic rings. The Kier molecular flexibility index (Phi) is 4.98. The standard InChI is InChI=1S/C11H19N3O2/c1-8(2)6-16-11-5-9(12-3)13-10(14-11)7-15-4/h5,8H,6-7H2,1-4H3,(H,12,13,14). The van der Waals surface area contributed by atoms with E-state index in [4.69, 9.17) is 9.47 Å². The summed E-state index contributed by atoms with van der Waals surface area (Å²) in [6.45, 7) is 5.21. The molecule has 0 saturated heterocycles. The van der Waals surface area contributed by atoms with Gasteiger partial charge in [0, 0.05) is 20.2 Å². The van der Waals surface area contributed by atoms with E-state index in [1.54, 1.807) is 13.2 Å². The summed E-state index contributed by atoms with van der Waals surface area (Å²) in [6, 6.07) is 1.78. The molecule has 1 aromatic heterocycles. The number of nitrogens with one attached hydrogen (secondary N) is 1. The van der Waals surface area contributed by atoms with Gasteiger partial charge in [-0.25, -0.2) is 4.98 Å². The van der Waals surface area contributed by atoms with Gasteiger partial charge in [-0.3, -0.25) is 0 Å². The number of hydrogen-bond acceptors (Lipinski definition) is 5. The molecule has 0 aliphatic heterocycles. The maximum atomic E-state index is 5.55. The molecule has 0 unspecified atom stereocenters. The summed E-state index contributed by atoms with van der Waals surface area (Å²) in [6.07, 6.45) is 0. The van der Waals surface area contributed by atoms with Gasteiger partial charge in [0.1, 0.15) is 12.4 Å². The zero-order valence-electron chi connectivity index (χ0n) is 10.3. The number of anilines is 1. The van der Waals surface area contributed by atoms with Crippen molar-refractivity contribution in [1.82, 2.24) is 9.97 Å². The monoisotopic (exact) mass is 225 g/mol. The van der Waals surface area contributed by atoms with Gasteiger partial charge in [0.15, 0.2) is 5.82 Å². The Bertz CT molecular complexity index is 329. The Balaban J connectivity index is 2.77.